The summed E-state index contributed by atoms with van der Waals surface area (Å²) in [5.41, 5.74) is 0.833. The molecular formula is C13H14ClNO2. The average molecular weight is 252 g/mol. The number of nitrogens with one attached hydrogen (secondary N) is 1. The fraction of sp³-hybridized carbons (Fsp3) is 0.231. The molecule has 0 aliphatic carbocycles. The zero-order valence-electron chi connectivity index (χ0n) is 9.79. The number of aryl methyl sites for hydroxylation is 1. The van der Waals surface area contributed by atoms with Crippen molar-refractivity contribution in [1.82, 2.24) is 0 Å². The zero-order valence-corrected chi connectivity index (χ0v) is 10.5. The van der Waals surface area contributed by atoms with Crippen LogP contribution in [0.1, 0.15) is 11.5 Å². The van der Waals surface area contributed by atoms with Crippen LogP contribution in [0.25, 0.3) is 0 Å². The smallest absolute Gasteiger partial charge is 0.123 e. The minimum absolute atomic E-state index is 0.598. The summed E-state index contributed by atoms with van der Waals surface area (Å²) in [5, 5.41) is 3.87. The van der Waals surface area contributed by atoms with E-state index in [2.05, 4.69) is 5.32 Å². The van der Waals surface area contributed by atoms with Crippen LogP contribution in [0, 0.1) is 6.92 Å². The maximum atomic E-state index is 6.08. The van der Waals surface area contributed by atoms with Gasteiger partial charge in [-0.3, -0.25) is 0 Å². The lowest BCUT2D eigenvalue weighted by Gasteiger charge is -2.08. The predicted molar refractivity (Wildman–Crippen MR) is 68.8 cm³/mol. The van der Waals surface area contributed by atoms with E-state index < -0.39 is 0 Å². The van der Waals surface area contributed by atoms with Gasteiger partial charge in [0, 0.05) is 6.07 Å². The topological polar surface area (TPSA) is 34.4 Å². The Morgan fingerprint density at radius 3 is 2.76 bits per heavy atom. The van der Waals surface area contributed by atoms with Crippen molar-refractivity contribution < 1.29 is 9.15 Å². The third-order valence-corrected chi connectivity index (χ3v) is 2.75. The standard InChI is InChI=1S/C13H14ClNO2/c1-9-3-4-11(17-9)8-15-13-7-10(16-2)5-6-12(13)14/h3-7,15H,8H2,1-2H3. The highest BCUT2D eigenvalue weighted by atomic mass is 35.5. The molecule has 1 N–H and O–H groups in total. The van der Waals surface area contributed by atoms with Crippen molar-refractivity contribution in [2.75, 3.05) is 12.4 Å². The molecule has 0 amide bonds. The molecule has 0 fully saturated rings. The molecule has 0 saturated heterocycles. The van der Waals surface area contributed by atoms with Gasteiger partial charge in [0.05, 0.1) is 24.4 Å². The van der Waals surface area contributed by atoms with E-state index >= 15 is 0 Å². The predicted octanol–water partition coefficient (Wildman–Crippen LogP) is 3.86. The number of furan rings is 1. The van der Waals surface area contributed by atoms with Crippen molar-refractivity contribution in [1.29, 1.82) is 0 Å². The summed E-state index contributed by atoms with van der Waals surface area (Å²) >= 11 is 6.08. The number of ether oxygens (including phenoxy) is 1. The number of halogens is 1. The molecule has 0 radical (unpaired) electrons. The van der Waals surface area contributed by atoms with E-state index in [0.717, 1.165) is 23.0 Å². The summed E-state index contributed by atoms with van der Waals surface area (Å²) in [6.45, 7) is 2.52. The Bertz CT molecular complexity index is 508. The number of benzene rings is 1. The van der Waals surface area contributed by atoms with Gasteiger partial charge in [-0.25, -0.2) is 0 Å². The fourth-order valence-corrected chi connectivity index (χ4v) is 1.71. The van der Waals surface area contributed by atoms with Gasteiger partial charge in [0.25, 0.3) is 0 Å². The summed E-state index contributed by atoms with van der Waals surface area (Å²) in [5.74, 6) is 2.55. The van der Waals surface area contributed by atoms with E-state index in [4.69, 9.17) is 20.8 Å². The van der Waals surface area contributed by atoms with Gasteiger partial charge in [0.2, 0.25) is 0 Å². The highest BCUT2D eigenvalue weighted by molar-refractivity contribution is 6.33. The molecule has 0 spiro atoms. The normalized spacial score (nSPS) is 10.3. The molecule has 90 valence electrons. The first-order chi connectivity index (χ1) is 8.19. The Morgan fingerprint density at radius 2 is 2.12 bits per heavy atom. The first kappa shape index (κ1) is 11.9. The molecule has 0 saturated carbocycles. The molecule has 0 aliphatic rings. The lowest BCUT2D eigenvalue weighted by Crippen LogP contribution is -1.99. The van der Waals surface area contributed by atoms with Gasteiger partial charge in [0.1, 0.15) is 17.3 Å². The summed E-state index contributed by atoms with van der Waals surface area (Å²) in [7, 11) is 1.63. The molecule has 0 unspecified atom stereocenters. The second kappa shape index (κ2) is 5.15. The molecule has 1 aromatic heterocycles. The third kappa shape index (κ3) is 2.94. The quantitative estimate of drug-likeness (QED) is 0.896. The Morgan fingerprint density at radius 1 is 1.29 bits per heavy atom. The SMILES string of the molecule is COc1ccc(Cl)c(NCc2ccc(C)o2)c1. The lowest BCUT2D eigenvalue weighted by atomic mass is 10.3. The maximum absolute atomic E-state index is 6.08. The number of methoxy groups -OCH3 is 1. The van der Waals surface area contributed by atoms with Crippen LogP contribution < -0.4 is 10.1 Å². The van der Waals surface area contributed by atoms with Gasteiger partial charge < -0.3 is 14.5 Å². The van der Waals surface area contributed by atoms with E-state index in [9.17, 15) is 0 Å². The molecule has 0 bridgehead atoms. The molecule has 0 atom stereocenters. The molecule has 2 aromatic rings. The number of anilines is 1. The third-order valence-electron chi connectivity index (χ3n) is 2.42. The second-order valence-electron chi connectivity index (χ2n) is 3.71. The number of hydrogen-bond donors (Lipinski definition) is 1. The number of rotatable bonds is 4. The summed E-state index contributed by atoms with van der Waals surface area (Å²) in [4.78, 5) is 0. The Balaban J connectivity index is 2.07. The van der Waals surface area contributed by atoms with Crippen molar-refractivity contribution in [3.63, 3.8) is 0 Å². The van der Waals surface area contributed by atoms with Crippen LogP contribution in [-0.2, 0) is 6.54 Å². The van der Waals surface area contributed by atoms with Gasteiger partial charge in [-0.15, -0.1) is 0 Å². The fourth-order valence-electron chi connectivity index (χ4n) is 1.53. The number of hydrogen-bond acceptors (Lipinski definition) is 3. The summed E-state index contributed by atoms with van der Waals surface area (Å²) in [6, 6.07) is 9.36. The first-order valence-electron chi connectivity index (χ1n) is 5.32. The molecule has 4 heteroatoms. The van der Waals surface area contributed by atoms with Crippen LogP contribution in [0.5, 0.6) is 5.75 Å². The van der Waals surface area contributed by atoms with Crippen molar-refractivity contribution >= 4 is 17.3 Å². The molecule has 1 heterocycles. The van der Waals surface area contributed by atoms with Crippen LogP contribution in [-0.4, -0.2) is 7.11 Å². The van der Waals surface area contributed by atoms with E-state index in [1.54, 1.807) is 13.2 Å². The molecule has 2 rings (SSSR count). The lowest BCUT2D eigenvalue weighted by molar-refractivity contribution is 0.415. The zero-order chi connectivity index (χ0) is 12.3. The van der Waals surface area contributed by atoms with Crippen molar-refractivity contribution in [2.45, 2.75) is 13.5 Å². The average Bonchev–Trinajstić information content (AvgIpc) is 2.74. The molecule has 17 heavy (non-hydrogen) atoms. The largest absolute Gasteiger partial charge is 0.497 e. The maximum Gasteiger partial charge on any atom is 0.123 e. The van der Waals surface area contributed by atoms with Crippen molar-refractivity contribution in [3.8, 4) is 5.75 Å². The van der Waals surface area contributed by atoms with Gasteiger partial charge in [-0.05, 0) is 31.2 Å². The van der Waals surface area contributed by atoms with Gasteiger partial charge >= 0.3 is 0 Å². The van der Waals surface area contributed by atoms with E-state index in [0.29, 0.717) is 11.6 Å². The summed E-state index contributed by atoms with van der Waals surface area (Å²) in [6.07, 6.45) is 0. The van der Waals surface area contributed by atoms with E-state index in [1.807, 2.05) is 31.2 Å². The van der Waals surface area contributed by atoms with Crippen LogP contribution in [0.4, 0.5) is 5.69 Å². The van der Waals surface area contributed by atoms with E-state index in [-0.39, 0.29) is 0 Å². The van der Waals surface area contributed by atoms with Crippen molar-refractivity contribution in [2.24, 2.45) is 0 Å². The highest BCUT2D eigenvalue weighted by Gasteiger charge is 2.03. The Labute approximate surface area is 105 Å². The Kier molecular flexibility index (Phi) is 3.59. The molecule has 0 aliphatic heterocycles. The van der Waals surface area contributed by atoms with Crippen molar-refractivity contribution in [3.05, 3.63) is 46.9 Å². The molecule has 1 aromatic carbocycles. The Hall–Kier alpha value is -1.61. The second-order valence-corrected chi connectivity index (χ2v) is 4.12. The van der Waals surface area contributed by atoms with Gasteiger partial charge in [0.15, 0.2) is 0 Å². The van der Waals surface area contributed by atoms with Crippen LogP contribution >= 0.6 is 11.6 Å². The van der Waals surface area contributed by atoms with Crippen LogP contribution in [0.3, 0.4) is 0 Å². The van der Waals surface area contributed by atoms with Crippen LogP contribution in [0.15, 0.2) is 34.7 Å². The van der Waals surface area contributed by atoms with Gasteiger partial charge in [-0.1, -0.05) is 11.6 Å². The van der Waals surface area contributed by atoms with E-state index in [1.165, 1.54) is 0 Å². The summed E-state index contributed by atoms with van der Waals surface area (Å²) < 4.78 is 10.6. The molecule has 3 nitrogen and oxygen atoms in total. The van der Waals surface area contributed by atoms with Gasteiger partial charge in [-0.2, -0.15) is 0 Å². The minimum Gasteiger partial charge on any atom is -0.497 e. The first-order valence-corrected chi connectivity index (χ1v) is 5.69. The van der Waals surface area contributed by atoms with Crippen LogP contribution in [0.2, 0.25) is 5.02 Å². The minimum atomic E-state index is 0.598. The highest BCUT2D eigenvalue weighted by Crippen LogP contribution is 2.27. The monoisotopic (exact) mass is 251 g/mol. The molecular weight excluding hydrogens is 238 g/mol.